The molecule has 4 aromatic rings. The molecular formula is C20H19N5O. The number of pyridine rings is 1. The minimum absolute atomic E-state index is 0.0405. The molecule has 130 valence electrons. The van der Waals surface area contributed by atoms with Crippen LogP contribution in [0.25, 0.3) is 16.9 Å². The summed E-state index contributed by atoms with van der Waals surface area (Å²) in [6.07, 6.45) is 3.52. The normalized spacial score (nSPS) is 11.0. The van der Waals surface area contributed by atoms with Crippen LogP contribution in [0.3, 0.4) is 0 Å². The zero-order chi connectivity index (χ0) is 18.1. The molecule has 0 aliphatic rings. The Labute approximate surface area is 151 Å². The molecule has 0 saturated heterocycles. The van der Waals surface area contributed by atoms with E-state index in [1.54, 1.807) is 16.9 Å². The average molecular weight is 345 g/mol. The fourth-order valence-electron chi connectivity index (χ4n) is 3.09. The zero-order valence-corrected chi connectivity index (χ0v) is 14.6. The highest BCUT2D eigenvalue weighted by Crippen LogP contribution is 2.28. The van der Waals surface area contributed by atoms with Gasteiger partial charge in [0.05, 0.1) is 18.0 Å². The van der Waals surface area contributed by atoms with Gasteiger partial charge in [-0.1, -0.05) is 24.3 Å². The van der Waals surface area contributed by atoms with Crippen LogP contribution >= 0.6 is 0 Å². The highest BCUT2D eigenvalue weighted by Gasteiger charge is 2.12. The summed E-state index contributed by atoms with van der Waals surface area (Å²) in [4.78, 5) is 8.95. The van der Waals surface area contributed by atoms with Gasteiger partial charge in [0, 0.05) is 23.7 Å². The Morgan fingerprint density at radius 1 is 1.12 bits per heavy atom. The van der Waals surface area contributed by atoms with Crippen molar-refractivity contribution < 1.29 is 5.11 Å². The van der Waals surface area contributed by atoms with Gasteiger partial charge in [-0.15, -0.1) is 0 Å². The third-order valence-electron chi connectivity index (χ3n) is 4.18. The molecule has 0 fully saturated rings. The van der Waals surface area contributed by atoms with Gasteiger partial charge >= 0.3 is 0 Å². The predicted octanol–water partition coefficient (Wildman–Crippen LogP) is 3.64. The number of aliphatic hydroxyl groups excluding tert-OH is 1. The van der Waals surface area contributed by atoms with Gasteiger partial charge in [-0.25, -0.2) is 14.5 Å². The predicted molar refractivity (Wildman–Crippen MR) is 101 cm³/mol. The van der Waals surface area contributed by atoms with Gasteiger partial charge in [0.2, 0.25) is 0 Å². The number of anilines is 2. The number of aromatic nitrogens is 4. The highest BCUT2D eigenvalue weighted by molar-refractivity contribution is 5.77. The summed E-state index contributed by atoms with van der Waals surface area (Å²) >= 11 is 0. The Bertz CT molecular complexity index is 1070. The van der Waals surface area contributed by atoms with Crippen LogP contribution in [0.5, 0.6) is 0 Å². The minimum Gasteiger partial charge on any atom is -0.392 e. The number of nitrogens with one attached hydrogen (secondary N) is 1. The van der Waals surface area contributed by atoms with Gasteiger partial charge in [-0.3, -0.25) is 0 Å². The number of aryl methyl sites for hydroxylation is 2. The van der Waals surface area contributed by atoms with Gasteiger partial charge in [0.25, 0.3) is 0 Å². The lowest BCUT2D eigenvalue weighted by Gasteiger charge is -2.12. The molecule has 26 heavy (non-hydrogen) atoms. The maximum atomic E-state index is 9.65. The molecule has 0 radical (unpaired) electrons. The lowest BCUT2D eigenvalue weighted by Crippen LogP contribution is -2.03. The second-order valence-corrected chi connectivity index (χ2v) is 6.25. The summed E-state index contributed by atoms with van der Waals surface area (Å²) in [5.74, 6) is 0.764. The Kier molecular flexibility index (Phi) is 4.10. The number of benzene rings is 1. The van der Waals surface area contributed by atoms with Crippen molar-refractivity contribution >= 4 is 17.2 Å². The molecule has 3 heterocycles. The molecule has 2 N–H and O–H groups in total. The van der Waals surface area contributed by atoms with Crippen molar-refractivity contribution in [2.45, 2.75) is 20.5 Å². The molecule has 1 aromatic carbocycles. The van der Waals surface area contributed by atoms with E-state index in [1.807, 2.05) is 56.3 Å². The van der Waals surface area contributed by atoms with Crippen molar-refractivity contribution in [3.05, 3.63) is 71.7 Å². The van der Waals surface area contributed by atoms with E-state index in [1.165, 1.54) is 0 Å². The monoisotopic (exact) mass is 345 g/mol. The smallest absolute Gasteiger partial charge is 0.177 e. The summed E-state index contributed by atoms with van der Waals surface area (Å²) in [7, 11) is 0. The van der Waals surface area contributed by atoms with Gasteiger partial charge in [0.1, 0.15) is 5.82 Å². The van der Waals surface area contributed by atoms with E-state index in [-0.39, 0.29) is 6.61 Å². The Balaban J connectivity index is 1.85. The summed E-state index contributed by atoms with van der Waals surface area (Å²) in [5.41, 5.74) is 6.09. The first-order valence-electron chi connectivity index (χ1n) is 8.40. The van der Waals surface area contributed by atoms with Gasteiger partial charge < -0.3 is 10.4 Å². The third-order valence-corrected chi connectivity index (χ3v) is 4.18. The van der Waals surface area contributed by atoms with Crippen LogP contribution in [-0.2, 0) is 6.61 Å². The standard InChI is InChI=1S/C20H19N5O/c1-13-9-14(2)22-19(10-13)23-18-11-17(24-25-8-7-21-20(18)25)16-6-4-3-5-15(16)12-26/h3-11,26H,12H2,1-2H3,(H,22,23). The van der Waals surface area contributed by atoms with Crippen LogP contribution in [0.15, 0.2) is 54.9 Å². The summed E-state index contributed by atoms with van der Waals surface area (Å²) < 4.78 is 1.73. The van der Waals surface area contributed by atoms with Gasteiger partial charge in [-0.05, 0) is 43.2 Å². The lowest BCUT2D eigenvalue weighted by atomic mass is 10.0. The van der Waals surface area contributed by atoms with E-state index in [0.717, 1.165) is 45.2 Å². The zero-order valence-electron chi connectivity index (χ0n) is 14.6. The summed E-state index contributed by atoms with van der Waals surface area (Å²) in [5, 5.41) is 17.6. The van der Waals surface area contributed by atoms with Crippen LogP contribution in [0, 0.1) is 13.8 Å². The first kappa shape index (κ1) is 16.2. The number of aliphatic hydroxyl groups is 1. The van der Waals surface area contributed by atoms with Crippen molar-refractivity contribution in [3.8, 4) is 11.3 Å². The first-order valence-corrected chi connectivity index (χ1v) is 8.40. The van der Waals surface area contributed by atoms with Crippen molar-refractivity contribution in [3.63, 3.8) is 0 Å². The van der Waals surface area contributed by atoms with Crippen molar-refractivity contribution in [2.24, 2.45) is 0 Å². The minimum atomic E-state index is -0.0405. The van der Waals surface area contributed by atoms with E-state index in [2.05, 4.69) is 20.4 Å². The fourth-order valence-corrected chi connectivity index (χ4v) is 3.09. The largest absolute Gasteiger partial charge is 0.392 e. The molecular weight excluding hydrogens is 326 g/mol. The van der Waals surface area contributed by atoms with E-state index in [4.69, 9.17) is 0 Å². The molecule has 4 rings (SSSR count). The van der Waals surface area contributed by atoms with Gasteiger partial charge in [-0.2, -0.15) is 5.10 Å². The van der Waals surface area contributed by atoms with Crippen LogP contribution < -0.4 is 5.32 Å². The Morgan fingerprint density at radius 3 is 2.77 bits per heavy atom. The first-order chi connectivity index (χ1) is 12.6. The number of nitrogens with zero attached hydrogens (tertiary/aromatic N) is 4. The van der Waals surface area contributed by atoms with E-state index in [0.29, 0.717) is 0 Å². The number of imidazole rings is 1. The molecule has 0 aliphatic heterocycles. The number of fused-ring (bicyclic) bond motifs is 1. The highest BCUT2D eigenvalue weighted by atomic mass is 16.3. The summed E-state index contributed by atoms with van der Waals surface area (Å²) in [6.45, 7) is 3.97. The van der Waals surface area contributed by atoms with Crippen molar-refractivity contribution in [1.82, 2.24) is 19.6 Å². The quantitative estimate of drug-likeness (QED) is 0.590. The Morgan fingerprint density at radius 2 is 1.96 bits per heavy atom. The second kappa shape index (κ2) is 6.57. The van der Waals surface area contributed by atoms with Crippen LogP contribution in [0.1, 0.15) is 16.8 Å². The number of hydrogen-bond acceptors (Lipinski definition) is 5. The van der Waals surface area contributed by atoms with Crippen molar-refractivity contribution in [1.29, 1.82) is 0 Å². The van der Waals surface area contributed by atoms with Crippen molar-refractivity contribution in [2.75, 3.05) is 5.32 Å². The molecule has 3 aromatic heterocycles. The SMILES string of the molecule is Cc1cc(C)nc(Nc2cc(-c3ccccc3CO)nn3ccnc23)c1. The molecule has 0 spiro atoms. The van der Waals surface area contributed by atoms with E-state index >= 15 is 0 Å². The van der Waals surface area contributed by atoms with E-state index < -0.39 is 0 Å². The van der Waals surface area contributed by atoms with Crippen LogP contribution in [-0.4, -0.2) is 24.7 Å². The molecule has 0 unspecified atom stereocenters. The molecule has 0 aliphatic carbocycles. The third kappa shape index (κ3) is 3.02. The molecule has 0 saturated carbocycles. The van der Waals surface area contributed by atoms with Crippen LogP contribution in [0.2, 0.25) is 0 Å². The molecule has 0 bridgehead atoms. The number of hydrogen-bond donors (Lipinski definition) is 2. The second-order valence-electron chi connectivity index (χ2n) is 6.25. The maximum absolute atomic E-state index is 9.65. The fraction of sp³-hybridized carbons (Fsp3) is 0.150. The molecule has 0 atom stereocenters. The maximum Gasteiger partial charge on any atom is 0.177 e. The van der Waals surface area contributed by atoms with Gasteiger partial charge in [0.15, 0.2) is 5.65 Å². The molecule has 0 amide bonds. The molecule has 6 nitrogen and oxygen atoms in total. The Hall–Kier alpha value is -3.25. The molecule has 6 heteroatoms. The lowest BCUT2D eigenvalue weighted by molar-refractivity contribution is 0.282. The van der Waals surface area contributed by atoms with E-state index in [9.17, 15) is 5.11 Å². The average Bonchev–Trinajstić information content (AvgIpc) is 3.09. The number of rotatable bonds is 4. The van der Waals surface area contributed by atoms with Crippen LogP contribution in [0.4, 0.5) is 11.5 Å². The summed E-state index contributed by atoms with van der Waals surface area (Å²) in [6, 6.07) is 13.7. The topological polar surface area (TPSA) is 75.3 Å².